The number of methoxy groups -OCH3 is 1. The number of aryl methyl sites for hydroxylation is 1. The van der Waals surface area contributed by atoms with E-state index < -0.39 is 6.04 Å². The lowest BCUT2D eigenvalue weighted by molar-refractivity contribution is -0.118. The lowest BCUT2D eigenvalue weighted by Crippen LogP contribution is -2.31. The quantitative estimate of drug-likeness (QED) is 0.511. The molecule has 2 aromatic carbocycles. The Morgan fingerprint density at radius 1 is 1.13 bits per heavy atom. The van der Waals surface area contributed by atoms with Gasteiger partial charge in [-0.1, -0.05) is 29.8 Å². The molecule has 2 heterocycles. The third-order valence-corrected chi connectivity index (χ3v) is 5.92. The molecule has 1 N–H and O–H groups in total. The second-order valence-electron chi connectivity index (χ2n) is 7.05. The van der Waals surface area contributed by atoms with Gasteiger partial charge in [0.2, 0.25) is 5.91 Å². The highest BCUT2D eigenvalue weighted by Crippen LogP contribution is 2.31. The SMILES string of the molecule is COc1ccc(-c2csc3ncn(C(C)C(=O)Nc4ccc(C)cc4)c(=O)c23)cc1. The van der Waals surface area contributed by atoms with Crippen LogP contribution in [0.25, 0.3) is 21.3 Å². The van der Waals surface area contributed by atoms with Gasteiger partial charge in [0.05, 0.1) is 18.8 Å². The Bertz CT molecular complexity index is 1260. The molecule has 0 aliphatic carbocycles. The first-order chi connectivity index (χ1) is 14.5. The van der Waals surface area contributed by atoms with E-state index in [0.717, 1.165) is 22.4 Å². The predicted octanol–water partition coefficient (Wildman–Crippen LogP) is 4.64. The molecule has 1 unspecified atom stereocenters. The molecule has 1 atom stereocenters. The number of carbonyl (C=O) groups is 1. The van der Waals surface area contributed by atoms with Crippen molar-refractivity contribution in [2.45, 2.75) is 19.9 Å². The maximum Gasteiger partial charge on any atom is 0.263 e. The summed E-state index contributed by atoms with van der Waals surface area (Å²) >= 11 is 1.41. The van der Waals surface area contributed by atoms with Crippen molar-refractivity contribution < 1.29 is 9.53 Å². The Morgan fingerprint density at radius 3 is 2.50 bits per heavy atom. The van der Waals surface area contributed by atoms with E-state index in [9.17, 15) is 9.59 Å². The number of thiophene rings is 1. The summed E-state index contributed by atoms with van der Waals surface area (Å²) in [5.41, 5.74) is 3.26. The van der Waals surface area contributed by atoms with Crippen LogP contribution in [0.2, 0.25) is 0 Å². The van der Waals surface area contributed by atoms with Crippen LogP contribution >= 0.6 is 11.3 Å². The van der Waals surface area contributed by atoms with Crippen LogP contribution in [0.3, 0.4) is 0 Å². The molecule has 0 fully saturated rings. The van der Waals surface area contributed by atoms with E-state index in [0.29, 0.717) is 15.9 Å². The number of benzene rings is 2. The van der Waals surface area contributed by atoms with Crippen molar-refractivity contribution >= 4 is 33.1 Å². The Morgan fingerprint density at radius 2 is 1.83 bits per heavy atom. The second-order valence-corrected chi connectivity index (χ2v) is 7.90. The highest BCUT2D eigenvalue weighted by atomic mass is 32.1. The van der Waals surface area contributed by atoms with Crippen LogP contribution in [0, 0.1) is 6.92 Å². The van der Waals surface area contributed by atoms with Crippen molar-refractivity contribution in [1.82, 2.24) is 9.55 Å². The molecule has 7 heteroatoms. The van der Waals surface area contributed by atoms with E-state index in [1.54, 1.807) is 14.0 Å². The lowest BCUT2D eigenvalue weighted by atomic mass is 10.1. The van der Waals surface area contributed by atoms with Crippen LogP contribution in [0.15, 0.2) is 65.0 Å². The predicted molar refractivity (Wildman–Crippen MR) is 120 cm³/mol. The Balaban J connectivity index is 1.69. The van der Waals surface area contributed by atoms with E-state index in [1.165, 1.54) is 22.2 Å². The highest BCUT2D eigenvalue weighted by Gasteiger charge is 2.20. The number of aromatic nitrogens is 2. The van der Waals surface area contributed by atoms with E-state index in [-0.39, 0.29) is 11.5 Å². The van der Waals surface area contributed by atoms with E-state index in [1.807, 2.05) is 60.8 Å². The molecular formula is C23H21N3O3S. The summed E-state index contributed by atoms with van der Waals surface area (Å²) in [6, 6.07) is 14.3. The molecule has 2 aromatic heterocycles. The molecule has 0 radical (unpaired) electrons. The van der Waals surface area contributed by atoms with Crippen molar-refractivity contribution in [1.29, 1.82) is 0 Å². The van der Waals surface area contributed by atoms with Crippen LogP contribution in [-0.2, 0) is 4.79 Å². The number of hydrogen-bond donors (Lipinski definition) is 1. The molecule has 152 valence electrons. The molecule has 4 rings (SSSR count). The number of amides is 1. The molecular weight excluding hydrogens is 398 g/mol. The summed E-state index contributed by atoms with van der Waals surface area (Å²) in [6.07, 6.45) is 1.44. The molecule has 30 heavy (non-hydrogen) atoms. The van der Waals surface area contributed by atoms with Gasteiger partial charge in [-0.3, -0.25) is 14.2 Å². The van der Waals surface area contributed by atoms with E-state index in [2.05, 4.69) is 10.3 Å². The van der Waals surface area contributed by atoms with Gasteiger partial charge >= 0.3 is 0 Å². The third kappa shape index (κ3) is 3.71. The number of hydrogen-bond acceptors (Lipinski definition) is 5. The molecule has 0 bridgehead atoms. The molecule has 0 spiro atoms. The zero-order chi connectivity index (χ0) is 21.3. The summed E-state index contributed by atoms with van der Waals surface area (Å²) in [6.45, 7) is 3.67. The molecule has 6 nitrogen and oxygen atoms in total. The molecule has 0 saturated carbocycles. The largest absolute Gasteiger partial charge is 0.497 e. The first kappa shape index (κ1) is 19.8. The fourth-order valence-corrected chi connectivity index (χ4v) is 4.12. The summed E-state index contributed by atoms with van der Waals surface area (Å²) in [4.78, 5) is 31.1. The minimum Gasteiger partial charge on any atom is -0.497 e. The maximum atomic E-state index is 13.3. The fourth-order valence-electron chi connectivity index (χ4n) is 3.21. The average Bonchev–Trinajstić information content (AvgIpc) is 3.20. The first-order valence-corrected chi connectivity index (χ1v) is 10.4. The van der Waals surface area contributed by atoms with Crippen molar-refractivity contribution in [2.75, 3.05) is 12.4 Å². The Labute approximate surface area is 177 Å². The number of nitrogens with zero attached hydrogens (tertiary/aromatic N) is 2. The molecule has 0 aliphatic rings. The van der Waals surface area contributed by atoms with Crippen molar-refractivity contribution in [2.24, 2.45) is 0 Å². The van der Waals surface area contributed by atoms with E-state index in [4.69, 9.17) is 4.74 Å². The van der Waals surface area contributed by atoms with Crippen molar-refractivity contribution in [3.05, 3.63) is 76.2 Å². The number of rotatable bonds is 5. The number of ether oxygens (including phenoxy) is 1. The summed E-state index contributed by atoms with van der Waals surface area (Å²) in [7, 11) is 1.61. The smallest absolute Gasteiger partial charge is 0.263 e. The second kappa shape index (κ2) is 8.12. The zero-order valence-electron chi connectivity index (χ0n) is 16.9. The highest BCUT2D eigenvalue weighted by molar-refractivity contribution is 7.17. The summed E-state index contributed by atoms with van der Waals surface area (Å²) in [5.74, 6) is 0.471. The molecule has 0 aliphatic heterocycles. The number of carbonyl (C=O) groups excluding carboxylic acids is 1. The van der Waals surface area contributed by atoms with Crippen molar-refractivity contribution in [3.8, 4) is 16.9 Å². The maximum absolute atomic E-state index is 13.3. The fraction of sp³-hybridized carbons (Fsp3) is 0.174. The average molecular weight is 420 g/mol. The van der Waals surface area contributed by atoms with Gasteiger partial charge in [-0.2, -0.15) is 0 Å². The normalized spacial score (nSPS) is 12.0. The Kier molecular flexibility index (Phi) is 5.37. The van der Waals surface area contributed by atoms with Gasteiger partial charge in [0.25, 0.3) is 5.56 Å². The van der Waals surface area contributed by atoms with Crippen LogP contribution in [0.4, 0.5) is 5.69 Å². The summed E-state index contributed by atoms with van der Waals surface area (Å²) < 4.78 is 6.59. The number of fused-ring (bicyclic) bond motifs is 1. The summed E-state index contributed by atoms with van der Waals surface area (Å²) in [5, 5.41) is 5.29. The zero-order valence-corrected chi connectivity index (χ0v) is 17.7. The van der Waals surface area contributed by atoms with Crippen LogP contribution in [0.5, 0.6) is 5.75 Å². The van der Waals surface area contributed by atoms with Gasteiger partial charge in [-0.25, -0.2) is 4.98 Å². The minimum atomic E-state index is -0.709. The lowest BCUT2D eigenvalue weighted by Gasteiger charge is -2.15. The monoisotopic (exact) mass is 419 g/mol. The Hall–Kier alpha value is -3.45. The molecule has 1 amide bonds. The van der Waals surface area contributed by atoms with Gasteiger partial charge in [0, 0.05) is 16.6 Å². The van der Waals surface area contributed by atoms with Gasteiger partial charge in [0.15, 0.2) is 0 Å². The van der Waals surface area contributed by atoms with Crippen molar-refractivity contribution in [3.63, 3.8) is 0 Å². The first-order valence-electron chi connectivity index (χ1n) is 9.48. The van der Waals surface area contributed by atoms with E-state index >= 15 is 0 Å². The standard InChI is InChI=1S/C23H21N3O3S/c1-14-4-8-17(9-5-14)25-21(27)15(2)26-13-24-22-20(23(26)28)19(12-30-22)16-6-10-18(29-3)11-7-16/h4-13,15H,1-3H3,(H,25,27). The van der Waals surface area contributed by atoms with Gasteiger partial charge in [-0.15, -0.1) is 11.3 Å². The number of nitrogens with one attached hydrogen (secondary N) is 1. The molecule has 4 aromatic rings. The minimum absolute atomic E-state index is 0.237. The van der Waals surface area contributed by atoms with Crippen LogP contribution in [0.1, 0.15) is 18.5 Å². The van der Waals surface area contributed by atoms with Gasteiger partial charge < -0.3 is 10.1 Å². The van der Waals surface area contributed by atoms with Crippen LogP contribution < -0.4 is 15.6 Å². The third-order valence-electron chi connectivity index (χ3n) is 5.04. The van der Waals surface area contributed by atoms with Crippen LogP contribution in [-0.4, -0.2) is 22.6 Å². The molecule has 0 saturated heterocycles. The number of anilines is 1. The topological polar surface area (TPSA) is 73.2 Å². The van der Waals surface area contributed by atoms with Gasteiger partial charge in [0.1, 0.15) is 16.6 Å². The van der Waals surface area contributed by atoms with Gasteiger partial charge in [-0.05, 0) is 43.7 Å².